The van der Waals surface area contributed by atoms with Crippen molar-refractivity contribution >= 4 is 17.7 Å². The highest BCUT2D eigenvalue weighted by Crippen LogP contribution is 2.64. The van der Waals surface area contributed by atoms with Crippen molar-refractivity contribution in [1.29, 1.82) is 0 Å². The van der Waals surface area contributed by atoms with Crippen molar-refractivity contribution in [3.63, 3.8) is 0 Å². The molecule has 11 nitrogen and oxygen atoms in total. The number of esters is 1. The van der Waals surface area contributed by atoms with Gasteiger partial charge in [-0.15, -0.1) is 0 Å². The summed E-state index contributed by atoms with van der Waals surface area (Å²) in [5, 5.41) is 62.0. The van der Waals surface area contributed by atoms with Gasteiger partial charge < -0.3 is 40.3 Å². The molecule has 11 atom stereocenters. The number of aliphatic hydroxyl groups is 5. The molecule has 9 unspecified atom stereocenters. The summed E-state index contributed by atoms with van der Waals surface area (Å²) in [6, 6.07) is 15.6. The fourth-order valence-corrected chi connectivity index (χ4v) is 9.28. The largest absolute Gasteiger partial charge is 0.456 e. The highest BCUT2D eigenvalue weighted by atomic mass is 16.6. The molecule has 2 aromatic carbocycles. The summed E-state index contributed by atoms with van der Waals surface area (Å²) in [5.74, 6) is -4.18. The van der Waals surface area contributed by atoms with Gasteiger partial charge in [-0.25, -0.2) is 4.79 Å². The number of ketones is 1. The molecule has 0 radical (unpaired) electrons. The molecule has 1 amide bonds. The van der Waals surface area contributed by atoms with Crippen molar-refractivity contribution in [2.75, 3.05) is 6.61 Å². The molecule has 4 aliphatic rings. The van der Waals surface area contributed by atoms with Crippen molar-refractivity contribution in [1.82, 2.24) is 5.32 Å². The summed E-state index contributed by atoms with van der Waals surface area (Å²) in [6.45, 7) is 8.16. The van der Waals surface area contributed by atoms with Crippen LogP contribution >= 0.6 is 0 Å². The molecule has 0 aromatic heterocycles. The summed E-state index contributed by atoms with van der Waals surface area (Å²) in [6.07, 6.45) is -7.06. The van der Waals surface area contributed by atoms with Gasteiger partial charge in [0.05, 0.1) is 35.9 Å². The lowest BCUT2D eigenvalue weighted by Crippen LogP contribution is -2.78. The van der Waals surface area contributed by atoms with Crippen LogP contribution < -0.4 is 5.32 Å². The molecular weight excluding hydrogens is 618 g/mol. The zero-order chi connectivity index (χ0) is 35.0. The Balaban J connectivity index is 1.37. The quantitative estimate of drug-likeness (QED) is 0.198. The molecule has 11 heteroatoms. The van der Waals surface area contributed by atoms with E-state index in [0.29, 0.717) is 16.7 Å². The smallest absolute Gasteiger partial charge is 0.338 e. The van der Waals surface area contributed by atoms with Crippen LogP contribution in [0.5, 0.6) is 0 Å². The minimum atomic E-state index is -1.87. The molecule has 1 heterocycles. The maximum absolute atomic E-state index is 14.3. The second-order valence-corrected chi connectivity index (χ2v) is 14.8. The molecule has 2 bridgehead atoms. The molecule has 2 aromatic rings. The van der Waals surface area contributed by atoms with Crippen molar-refractivity contribution in [2.45, 2.75) is 95.2 Å². The Hall–Kier alpha value is -3.45. The van der Waals surface area contributed by atoms with Gasteiger partial charge in [-0.05, 0) is 48.6 Å². The maximum Gasteiger partial charge on any atom is 0.338 e. The SMILES string of the molecule is CC1=C2C(O)C(=O)[C@]3(C)C(O)CC4OC[C@@]4(O)C3C(C)C(O)(CC1OC(=O)C(O)C(NC(=O)c1ccccc1)c1ccccc1)C2(C)C. The maximum atomic E-state index is 14.3. The van der Waals surface area contributed by atoms with E-state index in [1.165, 1.54) is 6.92 Å². The molecule has 6 rings (SSSR count). The number of Topliss-reactive ketones (excluding diaryl/α,β-unsaturated/α-hetero) is 1. The molecule has 1 saturated heterocycles. The second-order valence-electron chi connectivity index (χ2n) is 14.8. The topological polar surface area (TPSA) is 183 Å². The van der Waals surface area contributed by atoms with Crippen LogP contribution in [0.2, 0.25) is 0 Å². The second kappa shape index (κ2) is 11.9. The van der Waals surface area contributed by atoms with E-state index in [-0.39, 0.29) is 25.0 Å². The first-order chi connectivity index (χ1) is 22.5. The fraction of sp³-hybridized carbons (Fsp3) is 0.541. The van der Waals surface area contributed by atoms with E-state index in [2.05, 4.69) is 5.32 Å². The Morgan fingerprint density at radius 3 is 2.19 bits per heavy atom. The predicted molar refractivity (Wildman–Crippen MR) is 172 cm³/mol. The minimum Gasteiger partial charge on any atom is -0.456 e. The number of rotatable bonds is 6. The first-order valence-corrected chi connectivity index (χ1v) is 16.5. The van der Waals surface area contributed by atoms with Crippen LogP contribution in [-0.2, 0) is 19.1 Å². The van der Waals surface area contributed by atoms with Gasteiger partial charge in [0.2, 0.25) is 0 Å². The van der Waals surface area contributed by atoms with Gasteiger partial charge in [0.1, 0.15) is 17.8 Å². The van der Waals surface area contributed by atoms with Crippen LogP contribution in [0.15, 0.2) is 71.8 Å². The summed E-state index contributed by atoms with van der Waals surface area (Å²) in [4.78, 5) is 41.2. The molecule has 2 saturated carbocycles. The van der Waals surface area contributed by atoms with E-state index >= 15 is 0 Å². The third kappa shape index (κ3) is 4.89. The molecule has 1 aliphatic heterocycles. The van der Waals surface area contributed by atoms with Crippen LogP contribution in [0, 0.1) is 22.7 Å². The lowest BCUT2D eigenvalue weighted by Gasteiger charge is -2.67. The number of carbonyl (C=O) groups is 3. The van der Waals surface area contributed by atoms with Crippen molar-refractivity contribution in [3.05, 3.63) is 82.9 Å². The molecule has 48 heavy (non-hydrogen) atoms. The summed E-state index contributed by atoms with van der Waals surface area (Å²) in [7, 11) is 0. The van der Waals surface area contributed by atoms with Crippen molar-refractivity contribution < 1.29 is 49.4 Å². The minimum absolute atomic E-state index is 0.00392. The third-order valence-corrected chi connectivity index (χ3v) is 12.2. The highest BCUT2D eigenvalue weighted by Gasteiger charge is 2.74. The zero-order valence-corrected chi connectivity index (χ0v) is 27.8. The Bertz CT molecular complexity index is 1630. The van der Waals surface area contributed by atoms with Crippen LogP contribution in [0.1, 0.15) is 69.4 Å². The standard InChI is InChI=1S/C37H45NO10/c1-19-23(48-33(44)29(41)27(21-12-8-6-9-13-21)38-32(43)22-14-10-7-11-15-22)17-37(46)20(2)30-35(5,24(39)16-25-36(30,45)18-47-25)31(42)28(40)26(19)34(37,3)4/h6-15,20,23-25,27-30,39-41,45-46H,16-18H2,1-5H3,(H,38,43)/t20?,23?,24?,25?,27?,28?,29?,30?,35-,36+,37?/m1/s1. The van der Waals surface area contributed by atoms with E-state index in [1.54, 1.807) is 88.4 Å². The summed E-state index contributed by atoms with van der Waals surface area (Å²) in [5.41, 5.74) is -4.94. The molecule has 258 valence electrons. The average molecular weight is 664 g/mol. The van der Waals surface area contributed by atoms with Crippen LogP contribution in [0.25, 0.3) is 0 Å². The number of nitrogens with one attached hydrogen (secondary N) is 1. The molecule has 3 aliphatic carbocycles. The molecule has 3 fully saturated rings. The van der Waals surface area contributed by atoms with E-state index in [9.17, 15) is 39.9 Å². The van der Waals surface area contributed by atoms with Crippen molar-refractivity contribution in [2.24, 2.45) is 22.7 Å². The number of carbonyl (C=O) groups excluding carboxylic acids is 3. The number of amides is 1. The normalized spacial score (nSPS) is 38.2. The van der Waals surface area contributed by atoms with Crippen LogP contribution in [0.3, 0.4) is 0 Å². The number of aliphatic hydroxyl groups excluding tert-OH is 3. The van der Waals surface area contributed by atoms with Gasteiger partial charge in [0.25, 0.3) is 5.91 Å². The van der Waals surface area contributed by atoms with Gasteiger partial charge >= 0.3 is 5.97 Å². The van der Waals surface area contributed by atoms with Gasteiger partial charge in [-0.2, -0.15) is 0 Å². The fourth-order valence-electron chi connectivity index (χ4n) is 9.28. The Morgan fingerprint density at radius 1 is 1.00 bits per heavy atom. The summed E-state index contributed by atoms with van der Waals surface area (Å²) >= 11 is 0. The number of hydrogen-bond donors (Lipinski definition) is 6. The third-order valence-electron chi connectivity index (χ3n) is 12.2. The molecule has 0 spiro atoms. The first kappa shape index (κ1) is 34.4. The van der Waals surface area contributed by atoms with Gasteiger partial charge in [0, 0.05) is 29.7 Å². The van der Waals surface area contributed by atoms with Gasteiger partial charge in [-0.1, -0.05) is 69.3 Å². The van der Waals surface area contributed by atoms with Crippen LogP contribution in [0.4, 0.5) is 0 Å². The number of fused-ring (bicyclic) bond motifs is 5. The molecule has 6 N–H and O–H groups in total. The van der Waals surface area contributed by atoms with Gasteiger partial charge in [0.15, 0.2) is 11.9 Å². The van der Waals surface area contributed by atoms with E-state index in [4.69, 9.17) is 9.47 Å². The molecular formula is C37H45NO10. The summed E-state index contributed by atoms with van der Waals surface area (Å²) < 4.78 is 11.5. The van der Waals surface area contributed by atoms with Gasteiger partial charge in [-0.3, -0.25) is 9.59 Å². The van der Waals surface area contributed by atoms with Crippen LogP contribution in [-0.4, -0.2) is 91.5 Å². The lowest BCUT2D eigenvalue weighted by molar-refractivity contribution is -0.335. The highest BCUT2D eigenvalue weighted by molar-refractivity contribution is 5.95. The number of hydrogen-bond acceptors (Lipinski definition) is 10. The number of ether oxygens (including phenoxy) is 2. The van der Waals surface area contributed by atoms with E-state index in [1.807, 2.05) is 0 Å². The Labute approximate surface area is 279 Å². The first-order valence-electron chi connectivity index (χ1n) is 16.5. The average Bonchev–Trinajstić information content (AvgIpc) is 3.06. The Morgan fingerprint density at radius 2 is 1.60 bits per heavy atom. The van der Waals surface area contributed by atoms with E-state index < -0.39 is 88.1 Å². The van der Waals surface area contributed by atoms with Crippen molar-refractivity contribution in [3.8, 4) is 0 Å². The lowest BCUT2D eigenvalue weighted by atomic mass is 9.43. The monoisotopic (exact) mass is 663 g/mol. The zero-order valence-electron chi connectivity index (χ0n) is 27.8. The van der Waals surface area contributed by atoms with E-state index in [0.717, 1.165) is 0 Å². The predicted octanol–water partition coefficient (Wildman–Crippen LogP) is 2.00. The Kier molecular flexibility index (Phi) is 8.50. The number of benzene rings is 2.